The van der Waals surface area contributed by atoms with Crippen LogP contribution in [0.5, 0.6) is 5.75 Å². The molecule has 2 aliphatic carbocycles. The van der Waals surface area contributed by atoms with E-state index in [2.05, 4.69) is 48.5 Å². The van der Waals surface area contributed by atoms with Crippen molar-refractivity contribution < 1.29 is 9.47 Å². The second-order valence-electron chi connectivity index (χ2n) is 10.6. The van der Waals surface area contributed by atoms with Gasteiger partial charge in [0.25, 0.3) is 0 Å². The molecule has 1 aromatic carbocycles. The Morgan fingerprint density at radius 3 is 1.88 bits per heavy atom. The Labute approximate surface area is 206 Å². The van der Waals surface area contributed by atoms with E-state index in [0.717, 1.165) is 18.6 Å². The van der Waals surface area contributed by atoms with Gasteiger partial charge >= 0.3 is 0 Å². The predicted octanol–water partition coefficient (Wildman–Crippen LogP) is 7.67. The Balaban J connectivity index is 1.68. The Morgan fingerprint density at radius 1 is 0.606 bits per heavy atom. The zero-order valence-corrected chi connectivity index (χ0v) is 21.8. The van der Waals surface area contributed by atoms with Gasteiger partial charge in [0.05, 0.1) is 17.9 Å². The molecule has 1 saturated heterocycles. The Hall–Kier alpha value is -0.890. The predicted molar refractivity (Wildman–Crippen MR) is 143 cm³/mol. The summed E-state index contributed by atoms with van der Waals surface area (Å²) in [5.74, 6) is 1.06. The van der Waals surface area contributed by atoms with Crippen LogP contribution in [-0.2, 0) is 16.5 Å². The lowest BCUT2D eigenvalue weighted by molar-refractivity contribution is -0.0541. The molecule has 4 aliphatic rings. The summed E-state index contributed by atoms with van der Waals surface area (Å²) >= 11 is 7.06. The van der Waals surface area contributed by atoms with E-state index in [9.17, 15) is 0 Å². The van der Waals surface area contributed by atoms with Crippen molar-refractivity contribution in [3.05, 3.63) is 48.5 Å². The molecule has 0 bridgehead atoms. The third-order valence-corrected chi connectivity index (χ3v) is 14.8. The van der Waals surface area contributed by atoms with Gasteiger partial charge in [-0.3, -0.25) is 0 Å². The van der Waals surface area contributed by atoms with Crippen molar-refractivity contribution in [1.82, 2.24) is 0 Å². The molecule has 0 N–H and O–H groups in total. The first-order valence-corrected chi connectivity index (χ1v) is 16.6. The molecule has 33 heavy (non-hydrogen) atoms. The number of rotatable bonds is 0. The third kappa shape index (κ3) is 5.07. The van der Waals surface area contributed by atoms with Crippen LogP contribution in [0.25, 0.3) is 0 Å². The molecule has 1 aromatic rings. The van der Waals surface area contributed by atoms with Gasteiger partial charge < -0.3 is 9.47 Å². The molecule has 2 aliphatic heterocycles. The van der Waals surface area contributed by atoms with E-state index in [4.69, 9.17) is 21.3 Å². The number of fused-ring (bicyclic) bond motifs is 4. The van der Waals surface area contributed by atoms with E-state index in [0.29, 0.717) is 17.4 Å². The maximum absolute atomic E-state index is 7.09. The summed E-state index contributed by atoms with van der Waals surface area (Å²) < 4.78 is 14.0. The van der Waals surface area contributed by atoms with E-state index in [-0.39, 0.29) is 12.2 Å². The fourth-order valence-corrected chi connectivity index (χ4v) is 13.4. The number of hydrogen-bond donors (Lipinski definition) is 0. The fourth-order valence-electron chi connectivity index (χ4n) is 6.83. The summed E-state index contributed by atoms with van der Waals surface area (Å²) in [7, 11) is 0. The van der Waals surface area contributed by atoms with Gasteiger partial charge in [0.15, 0.2) is 0 Å². The van der Waals surface area contributed by atoms with E-state index >= 15 is 0 Å². The maximum Gasteiger partial charge on any atom is 0.128 e. The van der Waals surface area contributed by atoms with Crippen molar-refractivity contribution in [3.63, 3.8) is 0 Å². The van der Waals surface area contributed by atoms with Crippen LogP contribution in [0.4, 0.5) is 0 Å². The minimum Gasteiger partial charge on any atom is -0.489 e. The first-order chi connectivity index (χ1) is 16.3. The van der Waals surface area contributed by atoms with Crippen LogP contribution in [0.3, 0.4) is 0 Å². The average molecular weight is 485 g/mol. The minimum absolute atomic E-state index is 0.215. The molecule has 5 rings (SSSR count). The van der Waals surface area contributed by atoms with Crippen LogP contribution in [0.1, 0.15) is 89.9 Å². The first-order valence-electron chi connectivity index (χ1n) is 13.6. The molecule has 0 radical (unpaired) electrons. The molecular weight excluding hydrogens is 443 g/mol. The molecule has 6 atom stereocenters. The zero-order valence-electron chi connectivity index (χ0n) is 20.1. The Morgan fingerprint density at radius 2 is 1.15 bits per heavy atom. The van der Waals surface area contributed by atoms with Gasteiger partial charge in [0.2, 0.25) is 0 Å². The highest BCUT2D eigenvalue weighted by molar-refractivity contribution is 8.19. The average Bonchev–Trinajstić information content (AvgIpc) is 2.94. The van der Waals surface area contributed by atoms with Crippen molar-refractivity contribution in [2.45, 2.75) is 120 Å². The zero-order chi connectivity index (χ0) is 22.5. The Bertz CT molecular complexity index is 901. The van der Waals surface area contributed by atoms with Crippen LogP contribution in [0.15, 0.2) is 48.5 Å². The summed E-state index contributed by atoms with van der Waals surface area (Å²) in [6, 6.07) is 15.4. The van der Waals surface area contributed by atoms with Crippen LogP contribution >= 0.6 is 6.04 Å². The summed E-state index contributed by atoms with van der Waals surface area (Å²) in [6.45, 7) is 0. The van der Waals surface area contributed by atoms with Crippen LogP contribution < -0.4 is 10.0 Å². The lowest BCUT2D eigenvalue weighted by atomic mass is 9.95. The van der Waals surface area contributed by atoms with Gasteiger partial charge in [-0.25, -0.2) is 0 Å². The molecule has 0 spiro atoms. The number of ether oxygens (including phenoxy) is 2. The number of hydrogen-bond acceptors (Lipinski definition) is 3. The summed E-state index contributed by atoms with van der Waals surface area (Å²) in [5, 5.41) is 1.36. The van der Waals surface area contributed by atoms with Gasteiger partial charge in [-0.05, 0) is 38.2 Å². The van der Waals surface area contributed by atoms with Crippen LogP contribution in [0, 0.1) is 0 Å². The highest BCUT2D eigenvalue weighted by atomic mass is 32.4. The monoisotopic (exact) mass is 484 g/mol. The molecule has 180 valence electrons. The summed E-state index contributed by atoms with van der Waals surface area (Å²) in [4.78, 5) is 0. The largest absolute Gasteiger partial charge is 0.489 e. The molecule has 3 fully saturated rings. The molecule has 2 nitrogen and oxygen atoms in total. The summed E-state index contributed by atoms with van der Waals surface area (Å²) in [6.07, 6.45) is 18.8. The van der Waals surface area contributed by atoms with Gasteiger partial charge in [-0.1, -0.05) is 112 Å². The third-order valence-electron chi connectivity index (χ3n) is 8.41. The van der Waals surface area contributed by atoms with E-state index in [1.165, 1.54) is 82.4 Å². The topological polar surface area (TPSA) is 18.5 Å². The second kappa shape index (κ2) is 11.2. The molecule has 0 amide bonds. The van der Waals surface area contributed by atoms with Crippen molar-refractivity contribution >= 4 is 23.1 Å². The first kappa shape index (κ1) is 23.8. The smallest absolute Gasteiger partial charge is 0.128 e. The van der Waals surface area contributed by atoms with E-state index < -0.39 is 6.04 Å². The van der Waals surface area contributed by atoms with Crippen molar-refractivity contribution in [3.8, 4) is 5.75 Å². The molecule has 2 heterocycles. The van der Waals surface area contributed by atoms with E-state index in [1.54, 1.807) is 0 Å². The quantitative estimate of drug-likeness (QED) is 0.352. The van der Waals surface area contributed by atoms with Crippen molar-refractivity contribution in [2.75, 3.05) is 0 Å². The maximum atomic E-state index is 7.09. The standard InChI is InChI=1S/C29H41O2PS/c33-32-27-21-15-9-2-1-5-11-17-23(27)30-25-19-13-7-3-8-14-20-26(29(25)32)31-24-18-12-6-4-10-16-22-28(24)32/h1-2,5,9,11,15,17,21,24-26,28-29H,3-4,6-8,10,12-14,16,18-20,22H2. The molecule has 2 saturated carbocycles. The van der Waals surface area contributed by atoms with Crippen LogP contribution in [0.2, 0.25) is 0 Å². The van der Waals surface area contributed by atoms with Gasteiger partial charge in [0.1, 0.15) is 11.9 Å². The second-order valence-corrected chi connectivity index (χ2v) is 15.5. The normalized spacial score (nSPS) is 36.7. The van der Waals surface area contributed by atoms with Gasteiger partial charge in [-0.15, -0.1) is 0 Å². The summed E-state index contributed by atoms with van der Waals surface area (Å²) in [5.41, 5.74) is 0.888. The molecular formula is C29H41O2PS. The fraction of sp³-hybridized carbons (Fsp3) is 0.655. The molecule has 0 aromatic heterocycles. The van der Waals surface area contributed by atoms with Gasteiger partial charge in [0, 0.05) is 17.0 Å². The van der Waals surface area contributed by atoms with Crippen molar-refractivity contribution in [1.29, 1.82) is 0 Å². The molecule has 4 heteroatoms. The highest BCUT2D eigenvalue weighted by Crippen LogP contribution is 2.67. The SMILES string of the molecule is S=P12c3ccccccccc3OC3CCCCCCCC(OC4CCCCCCCC41)C32. The minimum atomic E-state index is -1.92. The highest BCUT2D eigenvalue weighted by Gasteiger charge is 2.56. The van der Waals surface area contributed by atoms with Crippen molar-refractivity contribution in [2.24, 2.45) is 0 Å². The Kier molecular flexibility index (Phi) is 8.11. The lowest BCUT2D eigenvalue weighted by Crippen LogP contribution is -2.57. The lowest BCUT2D eigenvalue weighted by Gasteiger charge is -2.55. The van der Waals surface area contributed by atoms with Gasteiger partial charge in [-0.2, -0.15) is 0 Å². The molecule has 6 unspecified atom stereocenters. The van der Waals surface area contributed by atoms with Crippen LogP contribution in [-0.4, -0.2) is 29.6 Å². The van der Waals surface area contributed by atoms with E-state index in [1.807, 2.05) is 0 Å².